The standard InChI is InChI=1S/C15H29NO/c1-3-10-16-13-6-8-15(2,12-13)9-7-14-5-4-11-17-14/h13-14,16H,3-12H2,1-2H3. The summed E-state index contributed by atoms with van der Waals surface area (Å²) in [4.78, 5) is 0. The molecule has 3 unspecified atom stereocenters. The van der Waals surface area contributed by atoms with Crippen LogP contribution in [0.25, 0.3) is 0 Å². The molecule has 100 valence electrons. The smallest absolute Gasteiger partial charge is 0.0576 e. The molecule has 3 atom stereocenters. The first-order valence-corrected chi connectivity index (χ1v) is 7.57. The number of rotatable bonds is 6. The molecule has 0 aromatic rings. The fourth-order valence-corrected chi connectivity index (χ4v) is 3.45. The number of ether oxygens (including phenoxy) is 1. The first kappa shape index (κ1) is 13.4. The lowest BCUT2D eigenvalue weighted by Gasteiger charge is -2.25. The van der Waals surface area contributed by atoms with Gasteiger partial charge in [0.2, 0.25) is 0 Å². The van der Waals surface area contributed by atoms with Gasteiger partial charge in [0.05, 0.1) is 6.10 Å². The molecule has 0 radical (unpaired) electrons. The van der Waals surface area contributed by atoms with Crippen LogP contribution < -0.4 is 5.32 Å². The molecule has 0 amide bonds. The van der Waals surface area contributed by atoms with E-state index < -0.39 is 0 Å². The van der Waals surface area contributed by atoms with E-state index in [1.165, 1.54) is 57.9 Å². The van der Waals surface area contributed by atoms with Gasteiger partial charge in [-0.2, -0.15) is 0 Å². The van der Waals surface area contributed by atoms with Crippen LogP contribution in [-0.2, 0) is 4.74 Å². The largest absolute Gasteiger partial charge is 0.378 e. The topological polar surface area (TPSA) is 21.3 Å². The lowest BCUT2D eigenvalue weighted by molar-refractivity contribution is 0.0899. The summed E-state index contributed by atoms with van der Waals surface area (Å²) >= 11 is 0. The molecule has 1 aliphatic heterocycles. The minimum atomic E-state index is 0.578. The van der Waals surface area contributed by atoms with Gasteiger partial charge in [0, 0.05) is 12.6 Å². The van der Waals surface area contributed by atoms with E-state index in [9.17, 15) is 0 Å². The Hall–Kier alpha value is -0.0800. The zero-order valence-electron chi connectivity index (χ0n) is 11.6. The molecule has 2 heteroatoms. The Labute approximate surface area is 107 Å². The third-order valence-corrected chi connectivity index (χ3v) is 4.61. The van der Waals surface area contributed by atoms with Crippen molar-refractivity contribution < 1.29 is 4.74 Å². The van der Waals surface area contributed by atoms with Gasteiger partial charge in [-0.15, -0.1) is 0 Å². The monoisotopic (exact) mass is 239 g/mol. The molecule has 1 saturated carbocycles. The van der Waals surface area contributed by atoms with Gasteiger partial charge in [-0.1, -0.05) is 13.8 Å². The molecule has 1 saturated heterocycles. The molecule has 1 aliphatic carbocycles. The summed E-state index contributed by atoms with van der Waals surface area (Å²) in [5.41, 5.74) is 0.581. The molecule has 1 N–H and O–H groups in total. The Kier molecular flexibility index (Phi) is 4.87. The third kappa shape index (κ3) is 3.96. The SMILES string of the molecule is CCCNC1CCC(C)(CCC2CCCO2)C1. The second kappa shape index (κ2) is 6.19. The Morgan fingerprint density at radius 2 is 2.24 bits per heavy atom. The van der Waals surface area contributed by atoms with E-state index in [-0.39, 0.29) is 0 Å². The van der Waals surface area contributed by atoms with E-state index in [2.05, 4.69) is 19.2 Å². The normalized spacial score (nSPS) is 37.8. The van der Waals surface area contributed by atoms with Crippen molar-refractivity contribution in [2.24, 2.45) is 5.41 Å². The highest BCUT2D eigenvalue weighted by molar-refractivity contribution is 4.90. The minimum absolute atomic E-state index is 0.578. The van der Waals surface area contributed by atoms with Crippen molar-refractivity contribution in [2.75, 3.05) is 13.2 Å². The summed E-state index contributed by atoms with van der Waals surface area (Å²) in [6.07, 6.45) is 11.2. The van der Waals surface area contributed by atoms with Crippen LogP contribution in [0.15, 0.2) is 0 Å². The van der Waals surface area contributed by atoms with Crippen molar-refractivity contribution in [2.45, 2.75) is 77.4 Å². The van der Waals surface area contributed by atoms with E-state index in [1.807, 2.05) is 0 Å². The van der Waals surface area contributed by atoms with Crippen LogP contribution in [0.1, 0.15) is 65.2 Å². The summed E-state index contributed by atoms with van der Waals surface area (Å²) in [6.45, 7) is 6.92. The van der Waals surface area contributed by atoms with Crippen molar-refractivity contribution >= 4 is 0 Å². The highest BCUT2D eigenvalue weighted by atomic mass is 16.5. The average molecular weight is 239 g/mol. The van der Waals surface area contributed by atoms with Crippen molar-refractivity contribution in [1.29, 1.82) is 0 Å². The first-order valence-electron chi connectivity index (χ1n) is 7.57. The van der Waals surface area contributed by atoms with Gasteiger partial charge in [0.25, 0.3) is 0 Å². The molecule has 0 spiro atoms. The Balaban J connectivity index is 1.68. The molecule has 17 heavy (non-hydrogen) atoms. The second-order valence-corrected chi connectivity index (χ2v) is 6.38. The van der Waals surface area contributed by atoms with Gasteiger partial charge in [-0.05, 0) is 63.3 Å². The number of hydrogen-bond donors (Lipinski definition) is 1. The van der Waals surface area contributed by atoms with E-state index >= 15 is 0 Å². The molecule has 0 aromatic heterocycles. The molecule has 2 fully saturated rings. The molecule has 0 bridgehead atoms. The van der Waals surface area contributed by atoms with E-state index in [0.29, 0.717) is 11.5 Å². The zero-order valence-corrected chi connectivity index (χ0v) is 11.6. The van der Waals surface area contributed by atoms with Crippen molar-refractivity contribution in [3.8, 4) is 0 Å². The quantitative estimate of drug-likeness (QED) is 0.766. The summed E-state index contributed by atoms with van der Waals surface area (Å²) in [6, 6.07) is 0.782. The molecule has 0 aromatic carbocycles. The zero-order chi connectivity index (χ0) is 12.1. The van der Waals surface area contributed by atoms with Crippen LogP contribution in [-0.4, -0.2) is 25.3 Å². The highest BCUT2D eigenvalue weighted by Gasteiger charge is 2.35. The predicted octanol–water partition coefficient (Wildman–Crippen LogP) is 3.50. The lowest BCUT2D eigenvalue weighted by atomic mass is 9.82. The lowest BCUT2D eigenvalue weighted by Crippen LogP contribution is -2.28. The maximum absolute atomic E-state index is 5.73. The van der Waals surface area contributed by atoms with Gasteiger partial charge in [0.1, 0.15) is 0 Å². The fourth-order valence-electron chi connectivity index (χ4n) is 3.45. The average Bonchev–Trinajstić information content (AvgIpc) is 2.94. The van der Waals surface area contributed by atoms with Gasteiger partial charge < -0.3 is 10.1 Å². The minimum Gasteiger partial charge on any atom is -0.378 e. The van der Waals surface area contributed by atoms with Crippen molar-refractivity contribution in [1.82, 2.24) is 5.32 Å². The van der Waals surface area contributed by atoms with Crippen molar-refractivity contribution in [3.63, 3.8) is 0 Å². The van der Waals surface area contributed by atoms with Gasteiger partial charge in [0.15, 0.2) is 0 Å². The van der Waals surface area contributed by atoms with Crippen LogP contribution in [0.3, 0.4) is 0 Å². The molecular weight excluding hydrogens is 210 g/mol. The van der Waals surface area contributed by atoms with Crippen LogP contribution in [0, 0.1) is 5.41 Å². The number of hydrogen-bond acceptors (Lipinski definition) is 2. The summed E-state index contributed by atoms with van der Waals surface area (Å²) in [5, 5.41) is 3.68. The van der Waals surface area contributed by atoms with E-state index in [1.54, 1.807) is 0 Å². The van der Waals surface area contributed by atoms with Crippen molar-refractivity contribution in [3.05, 3.63) is 0 Å². The molecular formula is C15H29NO. The van der Waals surface area contributed by atoms with Crippen LogP contribution in [0.5, 0.6) is 0 Å². The Morgan fingerprint density at radius 3 is 2.94 bits per heavy atom. The Morgan fingerprint density at radius 1 is 1.35 bits per heavy atom. The maximum atomic E-state index is 5.73. The van der Waals surface area contributed by atoms with Crippen LogP contribution in [0.2, 0.25) is 0 Å². The molecule has 1 heterocycles. The predicted molar refractivity (Wildman–Crippen MR) is 72.2 cm³/mol. The Bertz CT molecular complexity index is 225. The van der Waals surface area contributed by atoms with Gasteiger partial charge >= 0.3 is 0 Å². The first-order chi connectivity index (χ1) is 8.22. The molecule has 2 rings (SSSR count). The van der Waals surface area contributed by atoms with Crippen LogP contribution >= 0.6 is 0 Å². The van der Waals surface area contributed by atoms with E-state index in [0.717, 1.165) is 12.6 Å². The van der Waals surface area contributed by atoms with Crippen LogP contribution in [0.4, 0.5) is 0 Å². The number of nitrogens with one attached hydrogen (secondary N) is 1. The molecule has 2 nitrogen and oxygen atoms in total. The third-order valence-electron chi connectivity index (χ3n) is 4.61. The fraction of sp³-hybridized carbons (Fsp3) is 1.00. The van der Waals surface area contributed by atoms with Gasteiger partial charge in [-0.25, -0.2) is 0 Å². The second-order valence-electron chi connectivity index (χ2n) is 6.38. The van der Waals surface area contributed by atoms with Gasteiger partial charge in [-0.3, -0.25) is 0 Å². The highest BCUT2D eigenvalue weighted by Crippen LogP contribution is 2.42. The summed E-state index contributed by atoms with van der Waals surface area (Å²) in [5.74, 6) is 0. The van der Waals surface area contributed by atoms with E-state index in [4.69, 9.17) is 4.74 Å². The summed E-state index contributed by atoms with van der Waals surface area (Å²) < 4.78 is 5.73. The summed E-state index contributed by atoms with van der Waals surface area (Å²) in [7, 11) is 0. The maximum Gasteiger partial charge on any atom is 0.0576 e. The molecule has 2 aliphatic rings.